The van der Waals surface area contributed by atoms with Crippen LogP contribution in [0.15, 0.2) is 36.7 Å². The Hall–Kier alpha value is -2.68. The summed E-state index contributed by atoms with van der Waals surface area (Å²) in [5.74, 6) is 0.808. The SMILES string of the molecule is CN(C#N)c1cc(NCc2cccc(F)c2)ncn1. The lowest BCUT2D eigenvalue weighted by molar-refractivity contribution is 0.626. The molecule has 0 aliphatic rings. The van der Waals surface area contributed by atoms with Crippen molar-refractivity contribution in [2.24, 2.45) is 0 Å². The van der Waals surface area contributed by atoms with Crippen molar-refractivity contribution in [3.05, 3.63) is 48.0 Å². The average Bonchev–Trinajstić information content (AvgIpc) is 2.45. The van der Waals surface area contributed by atoms with Crippen molar-refractivity contribution >= 4 is 11.6 Å². The fourth-order valence-electron chi connectivity index (χ4n) is 1.52. The minimum Gasteiger partial charge on any atom is -0.366 e. The Kier molecular flexibility index (Phi) is 3.88. The zero-order valence-electron chi connectivity index (χ0n) is 10.3. The van der Waals surface area contributed by atoms with E-state index in [1.807, 2.05) is 12.3 Å². The van der Waals surface area contributed by atoms with Crippen LogP contribution < -0.4 is 10.2 Å². The number of nitriles is 1. The molecule has 0 saturated heterocycles. The van der Waals surface area contributed by atoms with Gasteiger partial charge in [0.15, 0.2) is 6.19 Å². The van der Waals surface area contributed by atoms with Gasteiger partial charge in [0, 0.05) is 19.7 Å². The van der Waals surface area contributed by atoms with Gasteiger partial charge in [-0.25, -0.2) is 14.4 Å². The highest BCUT2D eigenvalue weighted by atomic mass is 19.1. The van der Waals surface area contributed by atoms with Gasteiger partial charge < -0.3 is 5.32 Å². The van der Waals surface area contributed by atoms with Crippen LogP contribution in [0.3, 0.4) is 0 Å². The fourth-order valence-corrected chi connectivity index (χ4v) is 1.52. The summed E-state index contributed by atoms with van der Waals surface area (Å²) < 4.78 is 13.0. The number of benzene rings is 1. The van der Waals surface area contributed by atoms with Crippen molar-refractivity contribution in [2.45, 2.75) is 6.54 Å². The summed E-state index contributed by atoms with van der Waals surface area (Å²) in [6.07, 6.45) is 3.33. The Labute approximate surface area is 110 Å². The molecule has 0 unspecified atom stereocenters. The van der Waals surface area contributed by atoms with Crippen molar-refractivity contribution in [3.63, 3.8) is 0 Å². The standard InChI is InChI=1S/C13H12FN5/c1-19(8-15)13-6-12(17-9-18-13)16-7-10-3-2-4-11(14)5-10/h2-6,9H,7H2,1H3,(H,16,17,18). The first kappa shape index (κ1) is 12.8. The number of halogens is 1. The van der Waals surface area contributed by atoms with Crippen LogP contribution in [0.4, 0.5) is 16.0 Å². The minimum atomic E-state index is -0.271. The fraction of sp³-hybridized carbons (Fsp3) is 0.154. The first-order chi connectivity index (χ1) is 9.19. The van der Waals surface area contributed by atoms with Gasteiger partial charge in [-0.1, -0.05) is 12.1 Å². The summed E-state index contributed by atoms with van der Waals surface area (Å²) in [5, 5.41) is 11.8. The molecule has 96 valence electrons. The molecule has 0 aliphatic heterocycles. The molecule has 0 bridgehead atoms. The van der Waals surface area contributed by atoms with E-state index in [4.69, 9.17) is 5.26 Å². The first-order valence-electron chi connectivity index (χ1n) is 5.63. The van der Waals surface area contributed by atoms with E-state index in [1.165, 1.54) is 23.4 Å². The van der Waals surface area contributed by atoms with Gasteiger partial charge >= 0.3 is 0 Å². The van der Waals surface area contributed by atoms with E-state index < -0.39 is 0 Å². The first-order valence-corrected chi connectivity index (χ1v) is 5.63. The normalized spacial score (nSPS) is 9.74. The van der Waals surface area contributed by atoms with Crippen LogP contribution >= 0.6 is 0 Å². The smallest absolute Gasteiger partial charge is 0.185 e. The lowest BCUT2D eigenvalue weighted by atomic mass is 10.2. The van der Waals surface area contributed by atoms with E-state index in [1.54, 1.807) is 19.2 Å². The number of nitrogens with one attached hydrogen (secondary N) is 1. The molecule has 6 heteroatoms. The highest BCUT2D eigenvalue weighted by molar-refractivity contribution is 5.50. The highest BCUT2D eigenvalue weighted by Gasteiger charge is 2.03. The maximum atomic E-state index is 13.0. The number of anilines is 2. The molecule has 1 aromatic carbocycles. The molecule has 0 atom stereocenters. The Morgan fingerprint density at radius 3 is 2.95 bits per heavy atom. The lowest BCUT2D eigenvalue weighted by Gasteiger charge is -2.10. The van der Waals surface area contributed by atoms with Crippen LogP contribution in [0.5, 0.6) is 0 Å². The van der Waals surface area contributed by atoms with Crippen molar-refractivity contribution in [1.82, 2.24) is 9.97 Å². The zero-order valence-corrected chi connectivity index (χ0v) is 10.3. The van der Waals surface area contributed by atoms with E-state index in [9.17, 15) is 4.39 Å². The molecule has 0 aliphatic carbocycles. The Morgan fingerprint density at radius 1 is 1.37 bits per heavy atom. The molecular weight excluding hydrogens is 245 g/mol. The lowest BCUT2D eigenvalue weighted by Crippen LogP contribution is -2.11. The topological polar surface area (TPSA) is 64.8 Å². The number of rotatable bonds is 4. The van der Waals surface area contributed by atoms with E-state index in [0.29, 0.717) is 18.2 Å². The maximum absolute atomic E-state index is 13.0. The second-order valence-electron chi connectivity index (χ2n) is 3.90. The molecule has 0 radical (unpaired) electrons. The van der Waals surface area contributed by atoms with E-state index in [0.717, 1.165) is 5.56 Å². The Morgan fingerprint density at radius 2 is 2.21 bits per heavy atom. The largest absolute Gasteiger partial charge is 0.366 e. The third-order valence-electron chi connectivity index (χ3n) is 2.51. The van der Waals surface area contributed by atoms with Gasteiger partial charge in [-0.15, -0.1) is 0 Å². The Bertz CT molecular complexity index is 608. The van der Waals surface area contributed by atoms with Gasteiger partial charge in [0.1, 0.15) is 23.8 Å². The molecule has 0 saturated carbocycles. The van der Waals surface area contributed by atoms with Gasteiger partial charge in [-0.3, -0.25) is 4.90 Å². The molecule has 1 heterocycles. The maximum Gasteiger partial charge on any atom is 0.185 e. The zero-order chi connectivity index (χ0) is 13.7. The van der Waals surface area contributed by atoms with Crippen molar-refractivity contribution in [2.75, 3.05) is 17.3 Å². The summed E-state index contributed by atoms with van der Waals surface area (Å²) >= 11 is 0. The highest BCUT2D eigenvalue weighted by Crippen LogP contribution is 2.13. The number of hydrogen-bond acceptors (Lipinski definition) is 5. The number of nitrogens with zero attached hydrogens (tertiary/aromatic N) is 4. The predicted molar refractivity (Wildman–Crippen MR) is 69.8 cm³/mol. The summed E-state index contributed by atoms with van der Waals surface area (Å²) in [6, 6.07) is 7.98. The van der Waals surface area contributed by atoms with Crippen LogP contribution in [-0.4, -0.2) is 17.0 Å². The van der Waals surface area contributed by atoms with Crippen LogP contribution in [0, 0.1) is 17.3 Å². The van der Waals surface area contributed by atoms with Crippen molar-refractivity contribution in [1.29, 1.82) is 5.26 Å². The molecule has 0 fully saturated rings. The van der Waals surface area contributed by atoms with Crippen molar-refractivity contribution in [3.8, 4) is 6.19 Å². The molecule has 19 heavy (non-hydrogen) atoms. The second-order valence-corrected chi connectivity index (χ2v) is 3.90. The predicted octanol–water partition coefficient (Wildman–Crippen LogP) is 2.15. The van der Waals surface area contributed by atoms with Gasteiger partial charge in [0.2, 0.25) is 0 Å². The monoisotopic (exact) mass is 257 g/mol. The third kappa shape index (κ3) is 3.39. The molecule has 1 N–H and O–H groups in total. The van der Waals surface area contributed by atoms with Gasteiger partial charge in [-0.2, -0.15) is 5.26 Å². The molecule has 5 nitrogen and oxygen atoms in total. The summed E-state index contributed by atoms with van der Waals surface area (Å²) in [4.78, 5) is 9.34. The van der Waals surface area contributed by atoms with Crippen LogP contribution in [-0.2, 0) is 6.54 Å². The second kappa shape index (κ2) is 5.78. The van der Waals surface area contributed by atoms with Crippen molar-refractivity contribution < 1.29 is 4.39 Å². The minimum absolute atomic E-state index is 0.271. The molecule has 0 spiro atoms. The van der Waals surface area contributed by atoms with Crippen LogP contribution in [0.1, 0.15) is 5.56 Å². The Balaban J connectivity index is 2.06. The van der Waals surface area contributed by atoms with E-state index >= 15 is 0 Å². The quantitative estimate of drug-likeness (QED) is 0.671. The molecule has 0 amide bonds. The van der Waals surface area contributed by atoms with Crippen LogP contribution in [0.25, 0.3) is 0 Å². The summed E-state index contributed by atoms with van der Waals surface area (Å²) in [7, 11) is 1.61. The molecule has 2 rings (SSSR count). The summed E-state index contributed by atoms with van der Waals surface area (Å²) in [5.41, 5.74) is 0.814. The van der Waals surface area contributed by atoms with Gasteiger partial charge in [0.05, 0.1) is 0 Å². The molecular formula is C13H12FN5. The average molecular weight is 257 g/mol. The summed E-state index contributed by atoms with van der Waals surface area (Å²) in [6.45, 7) is 0.449. The molecule has 2 aromatic rings. The molecule has 1 aromatic heterocycles. The number of hydrogen-bond donors (Lipinski definition) is 1. The van der Waals surface area contributed by atoms with Gasteiger partial charge in [0.25, 0.3) is 0 Å². The third-order valence-corrected chi connectivity index (χ3v) is 2.51. The van der Waals surface area contributed by atoms with Gasteiger partial charge in [-0.05, 0) is 17.7 Å². The van der Waals surface area contributed by atoms with E-state index in [2.05, 4.69) is 15.3 Å². The van der Waals surface area contributed by atoms with Crippen LogP contribution in [0.2, 0.25) is 0 Å². The van der Waals surface area contributed by atoms with E-state index in [-0.39, 0.29) is 5.82 Å². The number of aromatic nitrogens is 2.